The maximum absolute atomic E-state index is 13.7. The van der Waals surface area contributed by atoms with Crippen molar-refractivity contribution in [2.75, 3.05) is 11.4 Å². The van der Waals surface area contributed by atoms with E-state index in [1.54, 1.807) is 6.08 Å². The van der Waals surface area contributed by atoms with Gasteiger partial charge in [0.2, 0.25) is 0 Å². The van der Waals surface area contributed by atoms with Crippen molar-refractivity contribution in [1.82, 2.24) is 9.97 Å². The van der Waals surface area contributed by atoms with E-state index in [9.17, 15) is 13.6 Å². The van der Waals surface area contributed by atoms with E-state index >= 15 is 0 Å². The summed E-state index contributed by atoms with van der Waals surface area (Å²) in [6.45, 7) is 3.65. The Balaban J connectivity index is 1.80. The number of carboxylic acids is 1. The second-order valence-corrected chi connectivity index (χ2v) is 6.63. The molecule has 3 heterocycles. The highest BCUT2D eigenvalue weighted by atomic mass is 35.5. The number of hydrogen-bond donors (Lipinski definition) is 1. The third-order valence-electron chi connectivity index (χ3n) is 4.16. The molecule has 0 radical (unpaired) electrons. The quantitative estimate of drug-likeness (QED) is 0.802. The molecule has 0 atom stereocenters. The van der Waals surface area contributed by atoms with Crippen molar-refractivity contribution >= 4 is 23.3 Å². The molecule has 146 valence electrons. The van der Waals surface area contributed by atoms with Gasteiger partial charge in [0.15, 0.2) is 5.82 Å². The van der Waals surface area contributed by atoms with Crippen molar-refractivity contribution < 1.29 is 23.4 Å². The molecule has 3 rings (SSSR count). The molecule has 0 saturated carbocycles. The van der Waals surface area contributed by atoms with Gasteiger partial charge in [0.25, 0.3) is 0 Å². The Labute approximate surface area is 164 Å². The monoisotopic (exact) mass is 407 g/mol. The van der Waals surface area contributed by atoms with Gasteiger partial charge < -0.3 is 14.7 Å². The highest BCUT2D eigenvalue weighted by Crippen LogP contribution is 2.31. The van der Waals surface area contributed by atoms with Crippen LogP contribution in [0.5, 0.6) is 0 Å². The summed E-state index contributed by atoms with van der Waals surface area (Å²) >= 11 is 6.34. The van der Waals surface area contributed by atoms with E-state index in [1.165, 1.54) is 12.3 Å². The predicted octanol–water partition coefficient (Wildman–Crippen LogP) is 4.15. The first-order valence-corrected chi connectivity index (χ1v) is 8.61. The van der Waals surface area contributed by atoms with E-state index in [2.05, 4.69) is 9.97 Å². The van der Waals surface area contributed by atoms with Gasteiger partial charge in [-0.1, -0.05) is 11.6 Å². The largest absolute Gasteiger partial charge is 0.486 e. The van der Waals surface area contributed by atoms with Gasteiger partial charge in [-0.15, -0.1) is 0 Å². The Morgan fingerprint density at radius 1 is 1.29 bits per heavy atom. The summed E-state index contributed by atoms with van der Waals surface area (Å²) < 4.78 is 32.2. The van der Waals surface area contributed by atoms with Crippen molar-refractivity contribution in [3.63, 3.8) is 0 Å². The molecule has 0 spiro atoms. The number of carboxylic acid groups (broad SMARTS) is 1. The van der Waals surface area contributed by atoms with Gasteiger partial charge in [0.1, 0.15) is 29.6 Å². The smallest absolute Gasteiger partial charge is 0.354 e. The van der Waals surface area contributed by atoms with Crippen molar-refractivity contribution in [2.45, 2.75) is 20.5 Å². The van der Waals surface area contributed by atoms with E-state index in [0.717, 1.165) is 23.5 Å². The summed E-state index contributed by atoms with van der Waals surface area (Å²) in [5.74, 6) is -2.36. The van der Waals surface area contributed by atoms with Crippen LogP contribution in [0.1, 0.15) is 28.7 Å². The zero-order chi connectivity index (χ0) is 20.4. The normalized spacial score (nSPS) is 14.2. The summed E-state index contributed by atoms with van der Waals surface area (Å²) in [5.41, 5.74) is 2.07. The zero-order valence-electron chi connectivity index (χ0n) is 15.0. The van der Waals surface area contributed by atoms with Crippen LogP contribution in [0.4, 0.5) is 14.5 Å². The molecule has 0 bridgehead atoms. The van der Waals surface area contributed by atoms with Crippen LogP contribution in [0.15, 0.2) is 47.1 Å². The van der Waals surface area contributed by atoms with Gasteiger partial charge in [-0.25, -0.2) is 18.6 Å². The van der Waals surface area contributed by atoms with Gasteiger partial charge in [0, 0.05) is 29.7 Å². The number of halogens is 3. The Kier molecular flexibility index (Phi) is 5.60. The molecular formula is C19H16ClF2N3O3. The number of carbonyl (C=O) groups is 1. The van der Waals surface area contributed by atoms with E-state index in [-0.39, 0.29) is 24.5 Å². The summed E-state index contributed by atoms with van der Waals surface area (Å²) in [5, 5.41) is 9.51. The lowest BCUT2D eigenvalue weighted by Gasteiger charge is -2.31. The van der Waals surface area contributed by atoms with Gasteiger partial charge in [-0.3, -0.25) is 4.98 Å². The maximum atomic E-state index is 13.7. The average Bonchev–Trinajstić information content (AvgIpc) is 2.63. The molecule has 2 aromatic heterocycles. The molecule has 0 aliphatic carbocycles. The Hall–Kier alpha value is -3.00. The Morgan fingerprint density at radius 3 is 2.71 bits per heavy atom. The van der Waals surface area contributed by atoms with Crippen LogP contribution in [0.2, 0.25) is 0 Å². The number of rotatable bonds is 5. The first kappa shape index (κ1) is 19.8. The van der Waals surface area contributed by atoms with E-state index in [4.69, 9.17) is 21.4 Å². The minimum atomic E-state index is -1.13. The molecule has 0 unspecified atom stereocenters. The first-order chi connectivity index (χ1) is 13.3. The fourth-order valence-corrected chi connectivity index (χ4v) is 2.93. The third-order valence-corrected chi connectivity index (χ3v) is 4.47. The van der Waals surface area contributed by atoms with E-state index in [1.807, 2.05) is 18.7 Å². The molecule has 2 aromatic rings. The van der Waals surface area contributed by atoms with Gasteiger partial charge >= 0.3 is 5.97 Å². The summed E-state index contributed by atoms with van der Waals surface area (Å²) in [4.78, 5) is 20.6. The van der Waals surface area contributed by atoms with Crippen LogP contribution in [0.3, 0.4) is 0 Å². The molecule has 0 amide bonds. The minimum absolute atomic E-state index is 0.0390. The van der Waals surface area contributed by atoms with Crippen LogP contribution in [0.25, 0.3) is 0 Å². The Bertz CT molecular complexity index is 1010. The summed E-state index contributed by atoms with van der Waals surface area (Å²) in [7, 11) is 0. The van der Waals surface area contributed by atoms with Crippen molar-refractivity contribution in [1.29, 1.82) is 0 Å². The number of nitrogens with zero attached hydrogens (tertiary/aromatic N) is 3. The van der Waals surface area contributed by atoms with E-state index in [0.29, 0.717) is 16.5 Å². The number of aryl methyl sites for hydroxylation is 1. The van der Waals surface area contributed by atoms with E-state index < -0.39 is 17.6 Å². The van der Waals surface area contributed by atoms with Crippen molar-refractivity contribution in [3.05, 3.63) is 75.7 Å². The molecular weight excluding hydrogens is 392 g/mol. The van der Waals surface area contributed by atoms with Crippen LogP contribution in [-0.4, -0.2) is 27.6 Å². The van der Waals surface area contributed by atoms with Crippen LogP contribution < -0.4 is 4.90 Å². The molecule has 0 fully saturated rings. The van der Waals surface area contributed by atoms with Crippen molar-refractivity contribution in [3.8, 4) is 0 Å². The number of aromatic carboxylic acids is 1. The lowest BCUT2D eigenvalue weighted by Crippen LogP contribution is -2.27. The summed E-state index contributed by atoms with van der Waals surface area (Å²) in [6, 6.07) is 2.21. The molecule has 0 aromatic carbocycles. The predicted molar refractivity (Wildman–Crippen MR) is 98.9 cm³/mol. The van der Waals surface area contributed by atoms with Gasteiger partial charge in [-0.05, 0) is 25.5 Å². The molecule has 28 heavy (non-hydrogen) atoms. The van der Waals surface area contributed by atoms with Crippen LogP contribution >= 0.6 is 11.6 Å². The third kappa shape index (κ3) is 4.12. The standard InChI is InChI=1S/C19H16ClF2N3O3/c1-10-6-23-15(19(26)27)5-17(10)25-8-13(20)18(3-11(25)2)28-9-16-14(22)4-12(21)7-24-16/h3-7H,8-9H2,1-2H3,(H,26,27). The highest BCUT2D eigenvalue weighted by molar-refractivity contribution is 6.30. The maximum Gasteiger partial charge on any atom is 0.354 e. The number of pyridine rings is 2. The lowest BCUT2D eigenvalue weighted by atomic mass is 10.1. The summed E-state index contributed by atoms with van der Waals surface area (Å²) in [6.07, 6.45) is 4.06. The van der Waals surface area contributed by atoms with Crippen molar-refractivity contribution in [2.24, 2.45) is 0 Å². The first-order valence-electron chi connectivity index (χ1n) is 8.23. The second kappa shape index (κ2) is 7.93. The fraction of sp³-hybridized carbons (Fsp3) is 0.211. The highest BCUT2D eigenvalue weighted by Gasteiger charge is 2.22. The molecule has 1 aliphatic heterocycles. The molecule has 1 aliphatic rings. The second-order valence-electron chi connectivity index (χ2n) is 6.17. The number of anilines is 1. The fourth-order valence-electron chi connectivity index (χ4n) is 2.70. The number of ether oxygens (including phenoxy) is 1. The number of hydrogen-bond acceptors (Lipinski definition) is 5. The van der Waals surface area contributed by atoms with Crippen LogP contribution in [-0.2, 0) is 11.3 Å². The number of allylic oxidation sites excluding steroid dienone is 2. The average molecular weight is 408 g/mol. The lowest BCUT2D eigenvalue weighted by molar-refractivity contribution is 0.0690. The SMILES string of the molecule is CC1=CC(OCc2ncc(F)cc2F)=C(Cl)CN1c1cc(C(=O)O)ncc1C. The molecule has 1 N–H and O–H groups in total. The van der Waals surface area contributed by atoms with Gasteiger partial charge in [0.05, 0.1) is 17.8 Å². The zero-order valence-corrected chi connectivity index (χ0v) is 15.8. The molecule has 0 saturated heterocycles. The molecule has 6 nitrogen and oxygen atoms in total. The Morgan fingerprint density at radius 2 is 2.04 bits per heavy atom. The minimum Gasteiger partial charge on any atom is -0.486 e. The molecule has 9 heteroatoms. The topological polar surface area (TPSA) is 75.5 Å². The number of aromatic nitrogens is 2. The van der Waals surface area contributed by atoms with Crippen LogP contribution in [0, 0.1) is 18.6 Å². The van der Waals surface area contributed by atoms with Gasteiger partial charge in [-0.2, -0.15) is 0 Å².